The van der Waals surface area contributed by atoms with E-state index in [1.807, 2.05) is 7.05 Å². The van der Waals surface area contributed by atoms with Crippen LogP contribution in [0, 0.1) is 6.92 Å². The van der Waals surface area contributed by atoms with E-state index in [9.17, 15) is 0 Å². The fourth-order valence-electron chi connectivity index (χ4n) is 3.04. The first-order valence-corrected chi connectivity index (χ1v) is 7.55. The van der Waals surface area contributed by atoms with E-state index in [0.29, 0.717) is 6.04 Å². The molecular weight excluding hydrogens is 234 g/mol. The number of hydrogen-bond acceptors (Lipinski definition) is 3. The summed E-state index contributed by atoms with van der Waals surface area (Å²) in [6.07, 6.45) is 8.16. The first-order chi connectivity index (χ1) is 9.20. The second-order valence-corrected chi connectivity index (χ2v) is 5.76. The Labute approximate surface area is 117 Å². The van der Waals surface area contributed by atoms with E-state index in [1.165, 1.54) is 44.1 Å². The summed E-state index contributed by atoms with van der Waals surface area (Å²) in [4.78, 5) is 7.12. The van der Waals surface area contributed by atoms with Gasteiger partial charge in [0.2, 0.25) is 0 Å². The Morgan fingerprint density at radius 1 is 1.21 bits per heavy atom. The van der Waals surface area contributed by atoms with Crippen LogP contribution in [0.15, 0.2) is 12.1 Å². The summed E-state index contributed by atoms with van der Waals surface area (Å²) in [5.74, 6) is 1.14. The van der Waals surface area contributed by atoms with Gasteiger partial charge in [-0.3, -0.25) is 0 Å². The Morgan fingerprint density at radius 2 is 1.89 bits per heavy atom. The molecule has 0 amide bonds. The van der Waals surface area contributed by atoms with E-state index in [0.717, 1.165) is 18.1 Å². The standard InChI is InChI=1S/C16H27N3/c1-13-10-14(12-17-2)11-16(18-13)19(3)15-8-6-4-5-7-9-15/h10-11,15,17H,4-9,12H2,1-3H3. The third-order valence-corrected chi connectivity index (χ3v) is 4.11. The molecule has 106 valence electrons. The highest BCUT2D eigenvalue weighted by molar-refractivity contribution is 5.43. The Hall–Kier alpha value is -1.09. The zero-order chi connectivity index (χ0) is 13.7. The molecule has 2 rings (SSSR count). The monoisotopic (exact) mass is 261 g/mol. The first kappa shape index (κ1) is 14.3. The van der Waals surface area contributed by atoms with E-state index in [4.69, 9.17) is 4.98 Å². The third-order valence-electron chi connectivity index (χ3n) is 4.11. The van der Waals surface area contributed by atoms with Crippen molar-refractivity contribution >= 4 is 5.82 Å². The SMILES string of the molecule is CNCc1cc(C)nc(N(C)C2CCCCCC2)c1. The quantitative estimate of drug-likeness (QED) is 0.843. The van der Waals surface area contributed by atoms with Crippen LogP contribution in [0.25, 0.3) is 0 Å². The number of nitrogens with zero attached hydrogens (tertiary/aromatic N) is 2. The zero-order valence-electron chi connectivity index (χ0n) is 12.6. The normalized spacial score (nSPS) is 17.2. The van der Waals surface area contributed by atoms with Crippen LogP contribution in [0.4, 0.5) is 5.82 Å². The molecule has 1 heterocycles. The van der Waals surface area contributed by atoms with Gasteiger partial charge in [0.1, 0.15) is 5.82 Å². The lowest BCUT2D eigenvalue weighted by molar-refractivity contribution is 0.548. The average molecular weight is 261 g/mol. The molecule has 3 heteroatoms. The molecule has 1 fully saturated rings. The summed E-state index contributed by atoms with van der Waals surface area (Å²) in [5, 5.41) is 3.22. The minimum absolute atomic E-state index is 0.666. The van der Waals surface area contributed by atoms with Crippen molar-refractivity contribution in [3.8, 4) is 0 Å². The second kappa shape index (κ2) is 6.90. The van der Waals surface area contributed by atoms with Gasteiger partial charge in [-0.05, 0) is 44.5 Å². The van der Waals surface area contributed by atoms with Gasteiger partial charge in [-0.25, -0.2) is 4.98 Å². The minimum atomic E-state index is 0.666. The van der Waals surface area contributed by atoms with E-state index in [-0.39, 0.29) is 0 Å². The molecule has 1 aliphatic rings. The number of aromatic nitrogens is 1. The lowest BCUT2D eigenvalue weighted by Crippen LogP contribution is -2.32. The molecule has 19 heavy (non-hydrogen) atoms. The highest BCUT2D eigenvalue weighted by Gasteiger charge is 2.18. The van der Waals surface area contributed by atoms with E-state index < -0.39 is 0 Å². The maximum atomic E-state index is 4.72. The second-order valence-electron chi connectivity index (χ2n) is 5.76. The summed E-state index contributed by atoms with van der Waals surface area (Å²) in [5.41, 5.74) is 2.44. The summed E-state index contributed by atoms with van der Waals surface area (Å²) < 4.78 is 0. The van der Waals surface area contributed by atoms with Crippen LogP contribution in [-0.2, 0) is 6.54 Å². The van der Waals surface area contributed by atoms with Crippen LogP contribution in [0.3, 0.4) is 0 Å². The summed E-state index contributed by atoms with van der Waals surface area (Å²) in [6.45, 7) is 3.00. The predicted molar refractivity (Wildman–Crippen MR) is 81.6 cm³/mol. The van der Waals surface area contributed by atoms with Crippen molar-refractivity contribution in [2.45, 2.75) is 58.0 Å². The van der Waals surface area contributed by atoms with Crippen LogP contribution < -0.4 is 10.2 Å². The highest BCUT2D eigenvalue weighted by Crippen LogP contribution is 2.25. The molecule has 1 aromatic rings. The van der Waals surface area contributed by atoms with Gasteiger partial charge in [-0.2, -0.15) is 0 Å². The van der Waals surface area contributed by atoms with Gasteiger partial charge in [-0.15, -0.1) is 0 Å². The molecule has 0 atom stereocenters. The largest absolute Gasteiger partial charge is 0.357 e. The lowest BCUT2D eigenvalue weighted by Gasteiger charge is -2.29. The Morgan fingerprint density at radius 3 is 2.53 bits per heavy atom. The molecule has 1 N–H and O–H groups in total. The maximum absolute atomic E-state index is 4.72. The van der Waals surface area contributed by atoms with Crippen molar-refractivity contribution in [2.75, 3.05) is 19.0 Å². The van der Waals surface area contributed by atoms with Crippen LogP contribution in [0.1, 0.15) is 49.8 Å². The van der Waals surface area contributed by atoms with Gasteiger partial charge in [0.25, 0.3) is 0 Å². The number of aryl methyl sites for hydroxylation is 1. The molecule has 3 nitrogen and oxygen atoms in total. The Balaban J connectivity index is 2.14. The van der Waals surface area contributed by atoms with Crippen LogP contribution in [0.2, 0.25) is 0 Å². The van der Waals surface area contributed by atoms with Gasteiger partial charge < -0.3 is 10.2 Å². The molecule has 1 aliphatic carbocycles. The number of pyridine rings is 1. The number of anilines is 1. The van der Waals surface area contributed by atoms with Gasteiger partial charge in [0.15, 0.2) is 0 Å². The van der Waals surface area contributed by atoms with Gasteiger partial charge in [-0.1, -0.05) is 25.7 Å². The van der Waals surface area contributed by atoms with E-state index in [1.54, 1.807) is 0 Å². The van der Waals surface area contributed by atoms with Crippen molar-refractivity contribution in [2.24, 2.45) is 0 Å². The van der Waals surface area contributed by atoms with Crippen LogP contribution in [-0.4, -0.2) is 25.1 Å². The van der Waals surface area contributed by atoms with Crippen molar-refractivity contribution in [1.29, 1.82) is 0 Å². The molecule has 0 saturated heterocycles. The molecule has 0 radical (unpaired) electrons. The van der Waals surface area contributed by atoms with Crippen LogP contribution in [0.5, 0.6) is 0 Å². The fraction of sp³-hybridized carbons (Fsp3) is 0.688. The van der Waals surface area contributed by atoms with Crippen molar-refractivity contribution < 1.29 is 0 Å². The van der Waals surface area contributed by atoms with E-state index in [2.05, 4.69) is 36.3 Å². The molecule has 0 aliphatic heterocycles. The maximum Gasteiger partial charge on any atom is 0.129 e. The van der Waals surface area contributed by atoms with Crippen molar-refractivity contribution in [3.05, 3.63) is 23.4 Å². The predicted octanol–water partition coefficient (Wildman–Crippen LogP) is 3.27. The van der Waals surface area contributed by atoms with E-state index >= 15 is 0 Å². The smallest absolute Gasteiger partial charge is 0.129 e. The molecule has 1 aromatic heterocycles. The Bertz CT molecular complexity index is 395. The number of rotatable bonds is 4. The number of nitrogens with one attached hydrogen (secondary N) is 1. The summed E-state index contributed by atoms with van der Waals surface area (Å²) in [6, 6.07) is 5.06. The zero-order valence-corrected chi connectivity index (χ0v) is 12.6. The summed E-state index contributed by atoms with van der Waals surface area (Å²) >= 11 is 0. The third kappa shape index (κ3) is 3.93. The molecular formula is C16H27N3. The van der Waals surface area contributed by atoms with Crippen molar-refractivity contribution in [1.82, 2.24) is 10.3 Å². The highest BCUT2D eigenvalue weighted by atomic mass is 15.2. The lowest BCUT2D eigenvalue weighted by atomic mass is 10.1. The fourth-order valence-corrected chi connectivity index (χ4v) is 3.04. The Kier molecular flexibility index (Phi) is 5.20. The van der Waals surface area contributed by atoms with Gasteiger partial charge in [0.05, 0.1) is 0 Å². The molecule has 0 aromatic carbocycles. The summed E-state index contributed by atoms with van der Waals surface area (Å²) in [7, 11) is 4.20. The van der Waals surface area contributed by atoms with Crippen LogP contribution >= 0.6 is 0 Å². The van der Waals surface area contributed by atoms with Crippen molar-refractivity contribution in [3.63, 3.8) is 0 Å². The number of hydrogen-bond donors (Lipinski definition) is 1. The topological polar surface area (TPSA) is 28.2 Å². The minimum Gasteiger partial charge on any atom is -0.357 e. The first-order valence-electron chi connectivity index (χ1n) is 7.55. The molecule has 1 saturated carbocycles. The molecule has 0 spiro atoms. The van der Waals surface area contributed by atoms with Gasteiger partial charge in [0, 0.05) is 25.3 Å². The van der Waals surface area contributed by atoms with Gasteiger partial charge >= 0.3 is 0 Å². The molecule has 0 bridgehead atoms. The average Bonchev–Trinajstić information content (AvgIpc) is 2.66. The molecule has 0 unspecified atom stereocenters.